The van der Waals surface area contributed by atoms with Crippen molar-refractivity contribution < 1.29 is 9.59 Å². The lowest BCUT2D eigenvalue weighted by Crippen LogP contribution is -2.29. The molecule has 0 saturated heterocycles. The molecule has 5 nitrogen and oxygen atoms in total. The Hall–Kier alpha value is -3.78. The number of carbonyl (C=O) groups excluding carboxylic acids is 2. The molecule has 5 aromatic rings. The molecule has 0 aliphatic carbocycles. The molecule has 0 fully saturated rings. The third kappa shape index (κ3) is 5.26. The van der Waals surface area contributed by atoms with Crippen LogP contribution in [0.1, 0.15) is 31.8 Å². The van der Waals surface area contributed by atoms with Crippen LogP contribution >= 0.6 is 39.9 Å². The summed E-state index contributed by atoms with van der Waals surface area (Å²) in [7, 11) is 0. The van der Waals surface area contributed by atoms with E-state index in [0.717, 1.165) is 32.9 Å². The van der Waals surface area contributed by atoms with E-state index in [1.54, 1.807) is 41.7 Å². The molecular formula is C31H23BrClN3O2S. The molecule has 0 N–H and O–H groups in total. The van der Waals surface area contributed by atoms with Gasteiger partial charge in [0.1, 0.15) is 0 Å². The van der Waals surface area contributed by atoms with Gasteiger partial charge >= 0.3 is 0 Å². The summed E-state index contributed by atoms with van der Waals surface area (Å²) in [4.78, 5) is 33.2. The van der Waals surface area contributed by atoms with Gasteiger partial charge in [0.25, 0.3) is 11.8 Å². The van der Waals surface area contributed by atoms with Crippen molar-refractivity contribution in [1.82, 2.24) is 4.57 Å². The number of fused-ring (bicyclic) bond motifs is 1. The molecule has 0 atom stereocenters. The van der Waals surface area contributed by atoms with E-state index in [9.17, 15) is 9.59 Å². The van der Waals surface area contributed by atoms with Gasteiger partial charge in [0.15, 0.2) is 4.80 Å². The first-order valence-electron chi connectivity index (χ1n) is 12.1. The number of aryl methyl sites for hydroxylation is 1. The number of carbonyl (C=O) groups is 2. The highest BCUT2D eigenvalue weighted by Crippen LogP contribution is 2.32. The molecule has 0 saturated carbocycles. The Kier molecular flexibility index (Phi) is 7.66. The first kappa shape index (κ1) is 26.8. The number of thiazole rings is 1. The topological polar surface area (TPSA) is 54.7 Å². The molecule has 1 aliphatic rings. The van der Waals surface area contributed by atoms with Crippen molar-refractivity contribution in [3.63, 3.8) is 0 Å². The number of nitrogens with zero attached hydrogens (tertiary/aromatic N) is 3. The first-order chi connectivity index (χ1) is 18.5. The van der Waals surface area contributed by atoms with Gasteiger partial charge in [-0.05, 0) is 66.6 Å². The molecule has 1 aliphatic heterocycles. The number of aromatic nitrogens is 1. The number of benzene rings is 4. The summed E-state index contributed by atoms with van der Waals surface area (Å²) in [6, 6.07) is 30.3. The van der Waals surface area contributed by atoms with Gasteiger partial charge in [0.05, 0.1) is 34.7 Å². The van der Waals surface area contributed by atoms with Gasteiger partial charge in [-0.2, -0.15) is 0 Å². The van der Waals surface area contributed by atoms with Gasteiger partial charge in [-0.15, -0.1) is 28.3 Å². The Morgan fingerprint density at radius 3 is 2.21 bits per heavy atom. The van der Waals surface area contributed by atoms with Crippen LogP contribution in [0.15, 0.2) is 107 Å². The van der Waals surface area contributed by atoms with Crippen LogP contribution in [-0.4, -0.2) is 16.4 Å². The number of halogens is 2. The van der Waals surface area contributed by atoms with Crippen LogP contribution in [0.5, 0.6) is 0 Å². The summed E-state index contributed by atoms with van der Waals surface area (Å²) in [5.74, 6) is -0.616. The van der Waals surface area contributed by atoms with Gasteiger partial charge in [-0.3, -0.25) is 9.59 Å². The smallest absolute Gasteiger partial charge is 0.266 e. The average Bonchev–Trinajstić information content (AvgIpc) is 3.43. The van der Waals surface area contributed by atoms with E-state index in [2.05, 4.69) is 16.0 Å². The Balaban J connectivity index is 0.00000308. The van der Waals surface area contributed by atoms with Crippen molar-refractivity contribution in [3.8, 4) is 11.3 Å². The van der Waals surface area contributed by atoms with Crippen molar-refractivity contribution in [2.45, 2.75) is 13.5 Å². The summed E-state index contributed by atoms with van der Waals surface area (Å²) in [6.07, 6.45) is 0. The van der Waals surface area contributed by atoms with Crippen LogP contribution < -0.4 is 9.70 Å². The predicted molar refractivity (Wildman–Crippen MR) is 163 cm³/mol. The lowest BCUT2D eigenvalue weighted by molar-refractivity contribution is 0.0926. The minimum atomic E-state index is -0.308. The Labute approximate surface area is 245 Å². The Bertz CT molecular complexity index is 1740. The highest BCUT2D eigenvalue weighted by molar-refractivity contribution is 8.93. The number of anilines is 1. The minimum Gasteiger partial charge on any atom is -0.312 e. The molecule has 2 heterocycles. The standard InChI is InChI=1S/C31H22ClN3O2S.BrH/c1-20-6-4-8-24(16-20)33-31-34(18-21-12-14-23(32)15-13-21)28(19-38-31)22-7-5-9-25(17-22)35-29(36)26-10-2-3-11-27(26)30(35)37;/h2-17,19H,18H2,1H3;1H. The fourth-order valence-corrected chi connectivity index (χ4v) is 5.67. The predicted octanol–water partition coefficient (Wildman–Crippen LogP) is 7.84. The van der Waals surface area contributed by atoms with Crippen molar-refractivity contribution in [2.24, 2.45) is 4.99 Å². The maximum Gasteiger partial charge on any atom is 0.266 e. The van der Waals surface area contributed by atoms with Crippen molar-refractivity contribution in [3.05, 3.63) is 135 Å². The number of rotatable bonds is 5. The Morgan fingerprint density at radius 2 is 1.51 bits per heavy atom. The number of hydrogen-bond donors (Lipinski definition) is 0. The maximum atomic E-state index is 13.1. The van der Waals surface area contributed by atoms with Crippen molar-refractivity contribution in [2.75, 3.05) is 4.90 Å². The second-order valence-corrected chi connectivity index (χ2v) is 10.4. The lowest BCUT2D eigenvalue weighted by Gasteiger charge is -2.16. The van der Waals surface area contributed by atoms with Crippen molar-refractivity contribution >= 4 is 63.1 Å². The van der Waals surface area contributed by atoms with Crippen LogP contribution in [0.25, 0.3) is 11.3 Å². The average molecular weight is 617 g/mol. The van der Waals surface area contributed by atoms with Gasteiger partial charge in [0, 0.05) is 16.0 Å². The molecule has 2 amide bonds. The third-order valence-electron chi connectivity index (χ3n) is 6.47. The summed E-state index contributed by atoms with van der Waals surface area (Å²) >= 11 is 7.67. The van der Waals surface area contributed by atoms with Gasteiger partial charge < -0.3 is 4.57 Å². The Morgan fingerprint density at radius 1 is 0.821 bits per heavy atom. The molecule has 194 valence electrons. The van der Waals surface area contributed by atoms with Crippen LogP contribution in [0.2, 0.25) is 5.02 Å². The lowest BCUT2D eigenvalue weighted by atomic mass is 10.1. The molecule has 8 heteroatoms. The van der Waals surface area contributed by atoms with E-state index in [1.165, 1.54) is 4.90 Å². The zero-order valence-corrected chi connectivity index (χ0v) is 24.2. The van der Waals surface area contributed by atoms with E-state index >= 15 is 0 Å². The van der Waals surface area contributed by atoms with E-state index in [4.69, 9.17) is 16.6 Å². The monoisotopic (exact) mass is 615 g/mol. The van der Waals surface area contributed by atoms with Crippen LogP contribution in [-0.2, 0) is 6.54 Å². The highest BCUT2D eigenvalue weighted by Gasteiger charge is 2.36. The fraction of sp³-hybridized carbons (Fsp3) is 0.0645. The number of imide groups is 1. The minimum absolute atomic E-state index is 0. The third-order valence-corrected chi connectivity index (χ3v) is 7.59. The molecule has 0 spiro atoms. The summed E-state index contributed by atoms with van der Waals surface area (Å²) in [6.45, 7) is 2.63. The number of hydrogen-bond acceptors (Lipinski definition) is 4. The summed E-state index contributed by atoms with van der Waals surface area (Å²) < 4.78 is 2.15. The number of amides is 2. The van der Waals surface area contributed by atoms with Crippen LogP contribution in [0.3, 0.4) is 0 Å². The molecule has 0 unspecified atom stereocenters. The molecule has 0 bridgehead atoms. The zero-order valence-electron chi connectivity index (χ0n) is 20.9. The van der Waals surface area contributed by atoms with Gasteiger partial charge in [0.2, 0.25) is 0 Å². The second kappa shape index (κ2) is 11.1. The second-order valence-electron chi connectivity index (χ2n) is 9.11. The maximum absolute atomic E-state index is 13.1. The zero-order chi connectivity index (χ0) is 26.2. The molecule has 0 radical (unpaired) electrons. The SMILES string of the molecule is Br.Cc1cccc(N=c2scc(-c3cccc(N4C(=O)c5ccccc5C4=O)c3)n2Cc2ccc(Cl)cc2)c1. The highest BCUT2D eigenvalue weighted by atomic mass is 79.9. The molecule has 4 aromatic carbocycles. The van der Waals surface area contributed by atoms with Crippen LogP contribution in [0, 0.1) is 6.92 Å². The van der Waals surface area contributed by atoms with Crippen LogP contribution in [0.4, 0.5) is 11.4 Å². The van der Waals surface area contributed by atoms with Crippen molar-refractivity contribution in [1.29, 1.82) is 0 Å². The van der Waals surface area contributed by atoms with E-state index in [0.29, 0.717) is 28.4 Å². The molecule has 39 heavy (non-hydrogen) atoms. The summed E-state index contributed by atoms with van der Waals surface area (Å²) in [5.41, 5.74) is 6.31. The summed E-state index contributed by atoms with van der Waals surface area (Å²) in [5, 5.41) is 2.74. The largest absolute Gasteiger partial charge is 0.312 e. The van der Waals surface area contributed by atoms with Gasteiger partial charge in [-0.1, -0.05) is 60.1 Å². The van der Waals surface area contributed by atoms with E-state index in [-0.39, 0.29) is 28.8 Å². The molecular weight excluding hydrogens is 594 g/mol. The van der Waals surface area contributed by atoms with E-state index < -0.39 is 0 Å². The van der Waals surface area contributed by atoms with Gasteiger partial charge in [-0.25, -0.2) is 9.89 Å². The first-order valence-corrected chi connectivity index (χ1v) is 13.4. The molecule has 1 aromatic heterocycles. The molecule has 6 rings (SSSR count). The normalized spacial score (nSPS) is 13.0. The fourth-order valence-electron chi connectivity index (χ4n) is 4.61. The quantitative estimate of drug-likeness (QED) is 0.189. The van der Waals surface area contributed by atoms with E-state index in [1.807, 2.05) is 67.6 Å².